The van der Waals surface area contributed by atoms with E-state index in [4.69, 9.17) is 0 Å². The first kappa shape index (κ1) is 31.6. The summed E-state index contributed by atoms with van der Waals surface area (Å²) in [5.41, 5.74) is -1.52. The molecule has 16 heteroatoms. The van der Waals surface area contributed by atoms with Crippen LogP contribution in [0.5, 0.6) is 0 Å². The van der Waals surface area contributed by atoms with E-state index in [1.165, 1.54) is 22.9 Å². The molecule has 1 atom stereocenters. The van der Waals surface area contributed by atoms with Crippen LogP contribution < -0.4 is 5.32 Å². The van der Waals surface area contributed by atoms with Gasteiger partial charge in [-0.1, -0.05) is 31.0 Å². The molecular formula is C26H27F9N4O3. The molecule has 232 valence electrons. The fourth-order valence-corrected chi connectivity index (χ4v) is 5.36. The zero-order chi connectivity index (χ0) is 31.1. The van der Waals surface area contributed by atoms with Crippen molar-refractivity contribution in [3.63, 3.8) is 0 Å². The van der Waals surface area contributed by atoms with Gasteiger partial charge in [0.2, 0.25) is 0 Å². The van der Waals surface area contributed by atoms with Crippen LogP contribution in [0.15, 0.2) is 30.3 Å². The maximum absolute atomic E-state index is 13.8. The summed E-state index contributed by atoms with van der Waals surface area (Å²) in [6.07, 6.45) is -3.23. The molecule has 0 unspecified atom stereocenters. The molecule has 4 rings (SSSR count). The molecule has 0 spiro atoms. The van der Waals surface area contributed by atoms with Gasteiger partial charge in [-0.05, 0) is 31.4 Å². The van der Waals surface area contributed by atoms with Gasteiger partial charge in [-0.25, -0.2) is 0 Å². The first-order valence-electron chi connectivity index (χ1n) is 13.1. The van der Waals surface area contributed by atoms with Gasteiger partial charge in [0.25, 0.3) is 5.91 Å². The Morgan fingerprint density at radius 2 is 1.62 bits per heavy atom. The molecule has 2 heterocycles. The standard InChI is InChI=1S/C26H27F9N4O3/c27-23(28)13-38(14-24(29,30)26(23,34)35)10-9-15(11-21(40)41)36-22(42)19-12-20(39(37-19)16-5-1-2-6-16)17-7-3-4-8-18(17)25(31,32)33/h3-4,7-8,12,15-16H,1-2,5-6,9-11,13-14H2,(H,36,42)(H,40,41)/t15-/m0/s1. The Hall–Kier alpha value is -3.30. The first-order chi connectivity index (χ1) is 19.4. The Balaban J connectivity index is 1.57. The van der Waals surface area contributed by atoms with Crippen molar-refractivity contribution in [2.24, 2.45) is 0 Å². The van der Waals surface area contributed by atoms with Crippen molar-refractivity contribution >= 4 is 11.9 Å². The number of nitrogens with zero attached hydrogens (tertiary/aromatic N) is 3. The van der Waals surface area contributed by atoms with Crippen LogP contribution in [0.3, 0.4) is 0 Å². The van der Waals surface area contributed by atoms with Crippen LogP contribution in [-0.2, 0) is 11.0 Å². The highest BCUT2D eigenvalue weighted by atomic mass is 19.4. The predicted molar refractivity (Wildman–Crippen MR) is 130 cm³/mol. The Morgan fingerprint density at radius 1 is 1.02 bits per heavy atom. The summed E-state index contributed by atoms with van der Waals surface area (Å²) in [6, 6.07) is 4.20. The minimum atomic E-state index is -5.58. The summed E-state index contributed by atoms with van der Waals surface area (Å²) in [4.78, 5) is 24.9. The predicted octanol–water partition coefficient (Wildman–Crippen LogP) is 5.87. The van der Waals surface area contributed by atoms with Gasteiger partial charge < -0.3 is 10.4 Å². The summed E-state index contributed by atoms with van der Waals surface area (Å²) in [5, 5.41) is 15.8. The molecule has 0 bridgehead atoms. The number of carbonyl (C=O) groups excluding carboxylic acids is 1. The monoisotopic (exact) mass is 614 g/mol. The number of alkyl halides is 9. The van der Waals surface area contributed by atoms with Gasteiger partial charge in [0.1, 0.15) is 0 Å². The van der Waals surface area contributed by atoms with E-state index in [0.29, 0.717) is 17.7 Å². The third kappa shape index (κ3) is 6.37. The van der Waals surface area contributed by atoms with Crippen LogP contribution in [-0.4, -0.2) is 75.1 Å². The van der Waals surface area contributed by atoms with E-state index in [-0.39, 0.29) is 23.0 Å². The lowest BCUT2D eigenvalue weighted by Crippen LogP contribution is -2.67. The zero-order valence-electron chi connectivity index (χ0n) is 21.9. The maximum Gasteiger partial charge on any atom is 0.417 e. The van der Waals surface area contributed by atoms with Crippen molar-refractivity contribution in [3.8, 4) is 11.3 Å². The second-order valence-corrected chi connectivity index (χ2v) is 10.6. The van der Waals surface area contributed by atoms with Gasteiger partial charge in [0.05, 0.1) is 36.8 Å². The number of hydrogen-bond acceptors (Lipinski definition) is 4. The number of aromatic nitrogens is 2. The lowest BCUT2D eigenvalue weighted by molar-refractivity contribution is -0.338. The lowest BCUT2D eigenvalue weighted by Gasteiger charge is -2.43. The van der Waals surface area contributed by atoms with Gasteiger partial charge >= 0.3 is 29.9 Å². The Kier molecular flexibility index (Phi) is 8.60. The number of benzene rings is 1. The van der Waals surface area contributed by atoms with E-state index in [2.05, 4.69) is 10.4 Å². The van der Waals surface area contributed by atoms with Gasteiger partial charge in [0.15, 0.2) is 5.69 Å². The van der Waals surface area contributed by atoms with Crippen LogP contribution in [0.4, 0.5) is 39.5 Å². The molecule has 1 aliphatic carbocycles. The summed E-state index contributed by atoms with van der Waals surface area (Å²) < 4.78 is 125. The van der Waals surface area contributed by atoms with Gasteiger partial charge in [-0.3, -0.25) is 19.2 Å². The average Bonchev–Trinajstić information content (AvgIpc) is 3.55. The second-order valence-electron chi connectivity index (χ2n) is 10.6. The van der Waals surface area contributed by atoms with Gasteiger partial charge in [0, 0.05) is 18.2 Å². The van der Waals surface area contributed by atoms with E-state index in [9.17, 15) is 54.2 Å². The molecule has 42 heavy (non-hydrogen) atoms. The largest absolute Gasteiger partial charge is 0.481 e. The number of carbonyl (C=O) groups is 2. The van der Waals surface area contributed by atoms with E-state index < -0.39 is 79.9 Å². The molecular weight excluding hydrogens is 587 g/mol. The van der Waals surface area contributed by atoms with E-state index in [1.807, 2.05) is 0 Å². The fraction of sp³-hybridized carbons (Fsp3) is 0.577. The van der Waals surface area contributed by atoms with Crippen LogP contribution in [0.25, 0.3) is 11.3 Å². The number of amides is 1. The smallest absolute Gasteiger partial charge is 0.417 e. The summed E-state index contributed by atoms with van der Waals surface area (Å²) in [5.74, 6) is -18.1. The van der Waals surface area contributed by atoms with Crippen LogP contribution >= 0.6 is 0 Å². The van der Waals surface area contributed by atoms with Gasteiger partial charge in [-0.15, -0.1) is 0 Å². The van der Waals surface area contributed by atoms with E-state index in [0.717, 1.165) is 25.0 Å². The van der Waals surface area contributed by atoms with E-state index in [1.54, 1.807) is 0 Å². The quantitative estimate of drug-likeness (QED) is 0.345. The van der Waals surface area contributed by atoms with Crippen LogP contribution in [0.2, 0.25) is 0 Å². The molecule has 7 nitrogen and oxygen atoms in total. The molecule has 1 aromatic carbocycles. The Bertz CT molecular complexity index is 1290. The second kappa shape index (κ2) is 11.4. The van der Waals surface area contributed by atoms with Crippen molar-refractivity contribution in [1.82, 2.24) is 20.0 Å². The molecule has 1 aliphatic heterocycles. The fourth-order valence-electron chi connectivity index (χ4n) is 5.36. The average molecular weight is 615 g/mol. The number of carboxylic acids is 1. The SMILES string of the molecule is O=C(O)C[C@H](CCN1CC(F)(F)C(F)(F)C(F)(F)C1)NC(=O)c1cc(-c2ccccc2C(F)(F)F)n(C2CCCC2)n1. The third-order valence-corrected chi connectivity index (χ3v) is 7.46. The highest BCUT2D eigenvalue weighted by Gasteiger charge is 2.74. The number of nitrogens with one attached hydrogen (secondary N) is 1. The first-order valence-corrected chi connectivity index (χ1v) is 13.1. The number of halogens is 9. The molecule has 2 aromatic rings. The summed E-state index contributed by atoms with van der Waals surface area (Å²) in [7, 11) is 0. The van der Waals surface area contributed by atoms with E-state index >= 15 is 0 Å². The molecule has 2 aliphatic rings. The highest BCUT2D eigenvalue weighted by molar-refractivity contribution is 5.94. The normalized spacial score (nSPS) is 21.3. The molecule has 1 amide bonds. The number of carboxylic acid groups (broad SMARTS) is 1. The molecule has 1 aromatic heterocycles. The number of aliphatic carboxylic acids is 1. The van der Waals surface area contributed by atoms with Crippen molar-refractivity contribution in [3.05, 3.63) is 41.6 Å². The summed E-state index contributed by atoms with van der Waals surface area (Å²) >= 11 is 0. The summed E-state index contributed by atoms with van der Waals surface area (Å²) in [6.45, 7) is -4.10. The van der Waals surface area contributed by atoms with Gasteiger partial charge in [-0.2, -0.15) is 44.6 Å². The third-order valence-electron chi connectivity index (χ3n) is 7.46. The Labute approximate surface area is 233 Å². The maximum atomic E-state index is 13.8. The highest BCUT2D eigenvalue weighted by Crippen LogP contribution is 2.49. The van der Waals surface area contributed by atoms with Crippen molar-refractivity contribution in [2.45, 2.75) is 74.6 Å². The van der Waals surface area contributed by atoms with Crippen molar-refractivity contribution in [2.75, 3.05) is 19.6 Å². The molecule has 1 saturated heterocycles. The number of likely N-dealkylation sites (tertiary alicyclic amines) is 1. The lowest BCUT2D eigenvalue weighted by atomic mass is 9.97. The minimum absolute atomic E-state index is 0.00784. The molecule has 0 radical (unpaired) electrons. The molecule has 2 N–H and O–H groups in total. The number of piperidine rings is 1. The van der Waals surface area contributed by atoms with Crippen LogP contribution in [0, 0.1) is 0 Å². The minimum Gasteiger partial charge on any atom is -0.481 e. The topological polar surface area (TPSA) is 87.5 Å². The zero-order valence-corrected chi connectivity index (χ0v) is 21.9. The number of hydrogen-bond donors (Lipinski definition) is 2. The molecule has 2 fully saturated rings. The van der Waals surface area contributed by atoms with Crippen molar-refractivity contribution in [1.29, 1.82) is 0 Å². The number of rotatable bonds is 9. The molecule has 1 saturated carbocycles. The Morgan fingerprint density at radius 3 is 2.19 bits per heavy atom. The van der Waals surface area contributed by atoms with Crippen LogP contribution in [0.1, 0.15) is 60.6 Å². The van der Waals surface area contributed by atoms with Crippen molar-refractivity contribution < 1.29 is 54.2 Å².